The largest absolute Gasteiger partial charge is 0.508 e. The lowest BCUT2D eigenvalue weighted by Gasteiger charge is -2.27. The summed E-state index contributed by atoms with van der Waals surface area (Å²) in [6, 6.07) is 17.6. The molecule has 0 radical (unpaired) electrons. The van der Waals surface area contributed by atoms with Gasteiger partial charge >= 0.3 is 0 Å². The summed E-state index contributed by atoms with van der Waals surface area (Å²) in [6.45, 7) is 0.308. The Morgan fingerprint density at radius 3 is 2.38 bits per heavy atom. The molecule has 0 aliphatic carbocycles. The fourth-order valence-electron chi connectivity index (χ4n) is 3.16. The van der Waals surface area contributed by atoms with Crippen molar-refractivity contribution < 1.29 is 19.9 Å². The number of hydrogen-bond acceptors (Lipinski definition) is 7. The molecule has 0 bridgehead atoms. The van der Waals surface area contributed by atoms with Crippen molar-refractivity contribution in [1.82, 2.24) is 0 Å². The topological polar surface area (TPSA) is 117 Å². The van der Waals surface area contributed by atoms with Crippen LogP contribution in [0, 0.1) is 10.1 Å². The number of hydrogen-bond donors (Lipinski definition) is 3. The van der Waals surface area contributed by atoms with Crippen LogP contribution in [0.15, 0.2) is 71.8 Å². The van der Waals surface area contributed by atoms with Crippen molar-refractivity contribution in [3.05, 3.63) is 88.0 Å². The highest BCUT2D eigenvalue weighted by Crippen LogP contribution is 2.35. The Balaban J connectivity index is 1.71. The summed E-state index contributed by atoms with van der Waals surface area (Å²) in [4.78, 5) is 10.4. The van der Waals surface area contributed by atoms with Crippen LogP contribution in [0.2, 0.25) is 0 Å². The van der Waals surface area contributed by atoms with Crippen molar-refractivity contribution in [3.8, 4) is 17.2 Å². The first kappa shape index (κ1) is 18.3. The van der Waals surface area contributed by atoms with E-state index in [2.05, 4.69) is 10.5 Å². The molecule has 3 aromatic carbocycles. The normalized spacial score (nSPS) is 16.7. The van der Waals surface area contributed by atoms with E-state index in [4.69, 9.17) is 4.74 Å². The third-order valence-corrected chi connectivity index (χ3v) is 4.66. The summed E-state index contributed by atoms with van der Waals surface area (Å²) in [5.41, 5.74) is 5.86. The number of anilines is 1. The molecule has 0 spiro atoms. The second-order valence-electron chi connectivity index (χ2n) is 6.55. The van der Waals surface area contributed by atoms with Crippen LogP contribution in [-0.4, -0.2) is 27.5 Å². The number of nitrogens with zero attached hydrogens (tertiary/aromatic N) is 2. The molecule has 146 valence electrons. The van der Waals surface area contributed by atoms with Gasteiger partial charge in [0.15, 0.2) is 0 Å². The second-order valence-corrected chi connectivity index (χ2v) is 6.55. The summed E-state index contributed by atoms with van der Waals surface area (Å²) >= 11 is 0. The summed E-state index contributed by atoms with van der Waals surface area (Å²) < 4.78 is 5.82. The van der Waals surface area contributed by atoms with E-state index >= 15 is 0 Å². The van der Waals surface area contributed by atoms with Crippen LogP contribution in [0.5, 0.6) is 17.2 Å². The zero-order valence-electron chi connectivity index (χ0n) is 15.1. The van der Waals surface area contributed by atoms with Gasteiger partial charge in [0.05, 0.1) is 22.2 Å². The molecule has 0 amide bonds. The Bertz CT molecular complexity index is 1080. The highest BCUT2D eigenvalue weighted by Gasteiger charge is 2.29. The molecule has 1 heterocycles. The van der Waals surface area contributed by atoms with Crippen LogP contribution in [0.1, 0.15) is 17.0 Å². The fourth-order valence-corrected chi connectivity index (χ4v) is 3.16. The number of fused-ring (bicyclic) bond motifs is 1. The molecular formula is C21H17N3O5. The first-order valence-corrected chi connectivity index (χ1v) is 8.84. The Hall–Kier alpha value is -4.07. The van der Waals surface area contributed by atoms with Crippen molar-refractivity contribution >= 4 is 17.1 Å². The van der Waals surface area contributed by atoms with Crippen LogP contribution < -0.4 is 10.2 Å². The third-order valence-electron chi connectivity index (χ3n) is 4.66. The molecule has 0 saturated carbocycles. The molecule has 1 aliphatic heterocycles. The van der Waals surface area contributed by atoms with Gasteiger partial charge in [0.1, 0.15) is 23.9 Å². The van der Waals surface area contributed by atoms with Gasteiger partial charge < -0.3 is 14.9 Å². The minimum Gasteiger partial charge on any atom is -0.508 e. The smallest absolute Gasteiger partial charge is 0.269 e. The Labute approximate surface area is 165 Å². The predicted molar refractivity (Wildman–Crippen MR) is 108 cm³/mol. The van der Waals surface area contributed by atoms with Crippen LogP contribution in [0.4, 0.5) is 11.4 Å². The number of hydrazone groups is 1. The number of nitro benzene ring substituents is 1. The SMILES string of the molecule is O=[N+]([O-])c1ccc(N/N=C2\c3ccc(O)cc3OCC2c2ccc(O)cc2)cc1. The number of aromatic hydroxyl groups is 2. The highest BCUT2D eigenvalue weighted by atomic mass is 16.6. The molecule has 1 unspecified atom stereocenters. The maximum absolute atomic E-state index is 10.8. The van der Waals surface area contributed by atoms with E-state index in [1.54, 1.807) is 48.5 Å². The second kappa shape index (κ2) is 7.51. The van der Waals surface area contributed by atoms with Gasteiger partial charge in [0, 0.05) is 23.8 Å². The first-order valence-electron chi connectivity index (χ1n) is 8.84. The maximum atomic E-state index is 10.8. The average Bonchev–Trinajstić information content (AvgIpc) is 2.72. The minimum atomic E-state index is -0.461. The molecule has 4 rings (SSSR count). The molecule has 0 aromatic heterocycles. The van der Waals surface area contributed by atoms with Gasteiger partial charge in [0.25, 0.3) is 5.69 Å². The molecule has 1 atom stereocenters. The summed E-state index contributed by atoms with van der Waals surface area (Å²) in [7, 11) is 0. The predicted octanol–water partition coefficient (Wildman–Crippen LogP) is 4.00. The quantitative estimate of drug-likeness (QED) is 0.457. The molecule has 1 aliphatic rings. The van der Waals surface area contributed by atoms with Gasteiger partial charge in [-0.25, -0.2) is 0 Å². The van der Waals surface area contributed by atoms with E-state index in [-0.39, 0.29) is 23.1 Å². The van der Waals surface area contributed by atoms with E-state index in [9.17, 15) is 20.3 Å². The molecule has 0 saturated heterocycles. The zero-order valence-corrected chi connectivity index (χ0v) is 15.1. The van der Waals surface area contributed by atoms with Crippen LogP contribution in [0.25, 0.3) is 0 Å². The average molecular weight is 391 g/mol. The summed E-state index contributed by atoms with van der Waals surface area (Å²) in [5, 5.41) is 34.7. The molecular weight excluding hydrogens is 374 g/mol. The minimum absolute atomic E-state index is 0.00272. The highest BCUT2D eigenvalue weighted by molar-refractivity contribution is 6.08. The van der Waals surface area contributed by atoms with Gasteiger partial charge in [0.2, 0.25) is 0 Å². The molecule has 0 fully saturated rings. The van der Waals surface area contributed by atoms with Crippen LogP contribution in [-0.2, 0) is 0 Å². The lowest BCUT2D eigenvalue weighted by molar-refractivity contribution is -0.384. The van der Waals surface area contributed by atoms with Gasteiger partial charge in [-0.15, -0.1) is 0 Å². The molecule has 8 heteroatoms. The number of rotatable bonds is 4. The number of phenolic OH excluding ortho intramolecular Hbond substituents is 2. The lowest BCUT2D eigenvalue weighted by Crippen LogP contribution is -2.27. The molecule has 8 nitrogen and oxygen atoms in total. The van der Waals surface area contributed by atoms with Crippen LogP contribution >= 0.6 is 0 Å². The summed E-state index contributed by atoms with van der Waals surface area (Å²) in [5.74, 6) is 0.565. The molecule has 3 aromatic rings. The van der Waals surface area contributed by atoms with E-state index in [0.717, 1.165) is 11.1 Å². The Morgan fingerprint density at radius 2 is 1.69 bits per heavy atom. The van der Waals surface area contributed by atoms with E-state index in [0.29, 0.717) is 23.8 Å². The van der Waals surface area contributed by atoms with Crippen molar-refractivity contribution in [2.75, 3.05) is 12.0 Å². The standard InChI is InChI=1S/C21H17N3O5/c25-16-7-1-13(2-8-16)19-12-29-20-11-17(26)9-10-18(20)21(19)23-22-14-3-5-15(6-4-14)24(27)28/h1-11,19,22,25-26H,12H2/b23-21+. The molecule has 29 heavy (non-hydrogen) atoms. The monoisotopic (exact) mass is 391 g/mol. The fraction of sp³-hybridized carbons (Fsp3) is 0.0952. The zero-order chi connectivity index (χ0) is 20.4. The van der Waals surface area contributed by atoms with Gasteiger partial charge in [-0.2, -0.15) is 5.10 Å². The van der Waals surface area contributed by atoms with Crippen LogP contribution in [0.3, 0.4) is 0 Å². The first-order chi connectivity index (χ1) is 14.0. The van der Waals surface area contributed by atoms with E-state index in [1.807, 2.05) is 0 Å². The number of benzene rings is 3. The van der Waals surface area contributed by atoms with Crippen molar-refractivity contribution in [2.45, 2.75) is 5.92 Å². The molecule has 3 N–H and O–H groups in total. The lowest BCUT2D eigenvalue weighted by atomic mass is 9.88. The van der Waals surface area contributed by atoms with E-state index < -0.39 is 4.92 Å². The number of nitro groups is 1. The Kier molecular flexibility index (Phi) is 4.74. The van der Waals surface area contributed by atoms with Gasteiger partial charge in [-0.3, -0.25) is 15.5 Å². The van der Waals surface area contributed by atoms with Crippen molar-refractivity contribution in [1.29, 1.82) is 0 Å². The Morgan fingerprint density at radius 1 is 1.00 bits per heavy atom. The number of ether oxygens (including phenoxy) is 1. The number of phenols is 2. The number of non-ortho nitro benzene ring substituents is 1. The summed E-state index contributed by atoms with van der Waals surface area (Å²) in [6.07, 6.45) is 0. The van der Waals surface area contributed by atoms with E-state index in [1.165, 1.54) is 18.2 Å². The van der Waals surface area contributed by atoms with Crippen molar-refractivity contribution in [2.24, 2.45) is 5.10 Å². The maximum Gasteiger partial charge on any atom is 0.269 e. The van der Waals surface area contributed by atoms with Crippen molar-refractivity contribution in [3.63, 3.8) is 0 Å². The van der Waals surface area contributed by atoms with Gasteiger partial charge in [-0.1, -0.05) is 12.1 Å². The van der Waals surface area contributed by atoms with Gasteiger partial charge in [-0.05, 0) is 42.0 Å². The third kappa shape index (κ3) is 3.81. The number of nitrogens with one attached hydrogen (secondary N) is 1.